The van der Waals surface area contributed by atoms with Gasteiger partial charge in [0.1, 0.15) is 5.75 Å². The first kappa shape index (κ1) is 24.3. The first-order valence-corrected chi connectivity index (χ1v) is 9.29. The zero-order valence-corrected chi connectivity index (χ0v) is 15.1. The highest BCUT2D eigenvalue weighted by Crippen LogP contribution is 2.11. The molecule has 1 N–H and O–H groups in total. The molecule has 0 spiro atoms. The van der Waals surface area contributed by atoms with Crippen molar-refractivity contribution in [3.63, 3.8) is 0 Å². The van der Waals surface area contributed by atoms with Crippen molar-refractivity contribution in [2.24, 2.45) is 9.04 Å². The van der Waals surface area contributed by atoms with Gasteiger partial charge in [0.05, 0.1) is 9.04 Å². The highest BCUT2D eigenvalue weighted by Gasteiger charge is 2.08. The second-order valence-corrected chi connectivity index (χ2v) is 6.33. The van der Waals surface area contributed by atoms with Gasteiger partial charge in [-0.3, -0.25) is 14.1 Å². The summed E-state index contributed by atoms with van der Waals surface area (Å²) in [6.45, 7) is 0. The van der Waals surface area contributed by atoms with E-state index in [-0.39, 0.29) is 17.3 Å². The monoisotopic (exact) mass is 430 g/mol. The van der Waals surface area contributed by atoms with Crippen molar-refractivity contribution in [3.8, 4) is 5.75 Å². The van der Waals surface area contributed by atoms with Crippen LogP contribution >= 0.6 is 0 Å². The van der Waals surface area contributed by atoms with E-state index in [9.17, 15) is 26.4 Å². The Hall–Kier alpha value is -3.68. The van der Waals surface area contributed by atoms with Crippen LogP contribution in [0, 0.1) is 0 Å². The minimum atomic E-state index is -4.47. The third kappa shape index (κ3) is 13.6. The number of carbonyl (C=O) groups excluding carboxylic acids is 2. The lowest BCUT2D eigenvalue weighted by molar-refractivity contribution is -0.113. The van der Waals surface area contributed by atoms with Crippen LogP contribution in [-0.4, -0.2) is 33.0 Å². The Labute approximate surface area is 158 Å². The summed E-state index contributed by atoms with van der Waals surface area (Å²) in [5.41, 5.74) is 15.2. The number of para-hydroxylation sites is 1. The van der Waals surface area contributed by atoms with Gasteiger partial charge in [-0.05, 0) is 47.5 Å². The summed E-state index contributed by atoms with van der Waals surface area (Å²) in [6, 6.07) is 7.77. The molecule has 1 aliphatic rings. The molecule has 0 saturated heterocycles. The fraction of sp³-hybridized carbons (Fsp3) is 0. The van der Waals surface area contributed by atoms with Crippen LogP contribution in [0.3, 0.4) is 0 Å². The highest BCUT2D eigenvalue weighted by atomic mass is 32.2. The molecule has 0 amide bonds. The Morgan fingerprint density at radius 2 is 1.25 bits per heavy atom. The molecule has 14 nitrogen and oxygen atoms in total. The van der Waals surface area contributed by atoms with Crippen LogP contribution < -0.4 is 4.18 Å². The maximum Gasteiger partial charge on any atom is 0.403 e. The van der Waals surface area contributed by atoms with Crippen LogP contribution in [0.1, 0.15) is 0 Å². The van der Waals surface area contributed by atoms with Gasteiger partial charge in [-0.25, -0.2) is 0 Å². The van der Waals surface area contributed by atoms with Gasteiger partial charge in [0.15, 0.2) is 11.6 Å². The molecule has 1 aromatic rings. The summed E-state index contributed by atoms with van der Waals surface area (Å²) >= 11 is 0. The van der Waals surface area contributed by atoms with E-state index in [0.29, 0.717) is 0 Å². The van der Waals surface area contributed by atoms with Gasteiger partial charge >= 0.3 is 20.6 Å². The Balaban J connectivity index is 0.000000419. The smallest absolute Gasteiger partial charge is 0.377 e. The molecule has 0 unspecified atom stereocenters. The number of azide groups is 2. The van der Waals surface area contributed by atoms with E-state index < -0.39 is 20.6 Å². The van der Waals surface area contributed by atoms with Crippen molar-refractivity contribution in [2.75, 3.05) is 0 Å². The molecule has 0 saturated carbocycles. The standard InChI is InChI=1S/C6H5N3O3S.C6H4O2.HN3O3S/c7-8-9-13(10,11)12-6-4-2-1-3-5-6;7-5-1-2-6(8)4-3-5;1-2-3-7(4,5)6/h1-5H;1-4H;(H,4,5,6). The fourth-order valence-electron chi connectivity index (χ4n) is 1.14. The Bertz CT molecular complexity index is 1030. The average Bonchev–Trinajstić information content (AvgIpc) is 2.58. The summed E-state index contributed by atoms with van der Waals surface area (Å²) in [5, 5.41) is 0. The molecular weight excluding hydrogens is 420 g/mol. The number of ketones is 2. The summed E-state index contributed by atoms with van der Waals surface area (Å²) < 4.78 is 56.7. The molecule has 0 atom stereocenters. The maximum atomic E-state index is 10.8. The number of hydrogen-bond donors (Lipinski definition) is 1. The first-order chi connectivity index (χ1) is 13.0. The normalized spacial score (nSPS) is 12.2. The molecule has 28 heavy (non-hydrogen) atoms. The summed E-state index contributed by atoms with van der Waals surface area (Å²) in [7, 11) is -8.64. The summed E-state index contributed by atoms with van der Waals surface area (Å²) in [4.78, 5) is 24.5. The fourth-order valence-corrected chi connectivity index (χ4v) is 1.71. The second kappa shape index (κ2) is 11.8. The van der Waals surface area contributed by atoms with Crippen molar-refractivity contribution in [1.82, 2.24) is 0 Å². The van der Waals surface area contributed by atoms with Crippen molar-refractivity contribution >= 4 is 32.2 Å². The number of carbonyl (C=O) groups is 2. The van der Waals surface area contributed by atoms with Gasteiger partial charge in [-0.1, -0.05) is 18.2 Å². The van der Waals surface area contributed by atoms with E-state index in [1.807, 2.05) is 4.52 Å². The number of allylic oxidation sites excluding steroid dienone is 4. The largest absolute Gasteiger partial charge is 0.403 e. The van der Waals surface area contributed by atoms with Crippen LogP contribution in [0.2, 0.25) is 0 Å². The van der Waals surface area contributed by atoms with Gasteiger partial charge in [-0.15, -0.1) is 0 Å². The third-order valence-corrected chi connectivity index (χ3v) is 3.00. The van der Waals surface area contributed by atoms with Crippen molar-refractivity contribution in [2.45, 2.75) is 0 Å². The molecular formula is C12H10N6O8S2. The molecule has 0 aliphatic heterocycles. The number of nitrogens with zero attached hydrogens (tertiary/aromatic N) is 6. The van der Waals surface area contributed by atoms with Crippen molar-refractivity contribution < 1.29 is 35.2 Å². The lowest BCUT2D eigenvalue weighted by Gasteiger charge is -1.99. The zero-order valence-electron chi connectivity index (χ0n) is 13.5. The highest BCUT2D eigenvalue weighted by molar-refractivity contribution is 7.85. The number of benzene rings is 1. The van der Waals surface area contributed by atoms with Crippen molar-refractivity contribution in [1.29, 1.82) is 0 Å². The first-order valence-electron chi connectivity index (χ1n) is 6.53. The van der Waals surface area contributed by atoms with Crippen molar-refractivity contribution in [3.05, 3.63) is 75.5 Å². The van der Waals surface area contributed by atoms with Crippen LogP contribution in [-0.2, 0) is 30.2 Å². The second-order valence-electron chi connectivity index (χ2n) is 4.09. The van der Waals surface area contributed by atoms with Gasteiger partial charge in [0.2, 0.25) is 0 Å². The van der Waals surface area contributed by atoms with Gasteiger partial charge in [-0.2, -0.15) is 16.8 Å². The Kier molecular flexibility index (Phi) is 10.3. The third-order valence-electron chi connectivity index (χ3n) is 2.04. The van der Waals surface area contributed by atoms with Crippen LogP contribution in [0.4, 0.5) is 0 Å². The predicted octanol–water partition coefficient (Wildman–Crippen LogP) is 1.97. The molecule has 1 aliphatic carbocycles. The lowest BCUT2D eigenvalue weighted by Crippen LogP contribution is -2.03. The summed E-state index contributed by atoms with van der Waals surface area (Å²) in [6.07, 6.45) is 5.01. The zero-order chi connectivity index (χ0) is 21.6. The Morgan fingerprint density at radius 1 is 0.821 bits per heavy atom. The van der Waals surface area contributed by atoms with E-state index >= 15 is 0 Å². The van der Waals surface area contributed by atoms with Crippen LogP contribution in [0.15, 0.2) is 63.7 Å². The van der Waals surface area contributed by atoms with E-state index in [1.165, 1.54) is 36.4 Å². The van der Waals surface area contributed by atoms with Crippen LogP contribution in [0.25, 0.3) is 20.9 Å². The molecule has 1 aromatic carbocycles. The quantitative estimate of drug-likeness (QED) is 0.243. The van der Waals surface area contributed by atoms with Gasteiger partial charge in [0.25, 0.3) is 0 Å². The molecule has 0 bridgehead atoms. The summed E-state index contributed by atoms with van der Waals surface area (Å²) in [5.74, 6) is -0.135. The van der Waals surface area contributed by atoms with E-state index in [0.717, 1.165) is 0 Å². The molecule has 0 heterocycles. The minimum Gasteiger partial charge on any atom is -0.377 e. The molecule has 0 aromatic heterocycles. The van der Waals surface area contributed by atoms with Gasteiger partial charge < -0.3 is 4.18 Å². The Morgan fingerprint density at radius 3 is 1.57 bits per heavy atom. The SMILES string of the molecule is O=C1C=CC(=O)C=C1.[N-]=[N+]=NS(=O)(=O)O.[N-]=[N+]=NS(=O)(=O)Oc1ccccc1. The van der Waals surface area contributed by atoms with Gasteiger partial charge in [0, 0.05) is 9.82 Å². The van der Waals surface area contributed by atoms with E-state index in [1.54, 1.807) is 23.1 Å². The molecule has 148 valence electrons. The number of rotatable bonds is 4. The molecule has 2 rings (SSSR count). The topological polar surface area (TPSA) is 229 Å². The predicted molar refractivity (Wildman–Crippen MR) is 94.1 cm³/mol. The van der Waals surface area contributed by atoms with E-state index in [4.69, 9.17) is 15.6 Å². The lowest BCUT2D eigenvalue weighted by atomic mass is 10.2. The molecule has 0 radical (unpaired) electrons. The molecule has 16 heteroatoms. The molecule has 0 fully saturated rings. The minimum absolute atomic E-state index is 0.106. The van der Waals surface area contributed by atoms with Crippen LogP contribution in [0.5, 0.6) is 5.75 Å². The average molecular weight is 430 g/mol. The number of hydrogen-bond acceptors (Lipinski definition) is 7. The van der Waals surface area contributed by atoms with E-state index in [2.05, 4.69) is 13.6 Å². The maximum absolute atomic E-state index is 10.8.